The van der Waals surface area contributed by atoms with E-state index in [9.17, 15) is 9.59 Å². The van der Waals surface area contributed by atoms with Crippen molar-refractivity contribution in [1.29, 1.82) is 0 Å². The summed E-state index contributed by atoms with van der Waals surface area (Å²) >= 11 is 6.07. The molecule has 2 aliphatic carbocycles. The van der Waals surface area contributed by atoms with Crippen LogP contribution >= 0.6 is 11.6 Å². The summed E-state index contributed by atoms with van der Waals surface area (Å²) in [5.41, 5.74) is 7.61. The highest BCUT2D eigenvalue weighted by Crippen LogP contribution is 2.47. The molecule has 2 fully saturated rings. The standard InChI is InChI=1S/C19H26ClN3O3/c1-10-7-14(15(26-2)9-13(10)20)23-16(24)5-6-22-19(25)17-11-3-4-12(8-11)18(17)21/h7,9,11-12,17-18H,3-6,8,21H2,1-2H3,(H,22,25)(H,23,24). The van der Waals surface area contributed by atoms with E-state index < -0.39 is 0 Å². The molecule has 4 N–H and O–H groups in total. The number of anilines is 1. The van der Waals surface area contributed by atoms with Gasteiger partial charge >= 0.3 is 0 Å². The molecule has 1 aromatic rings. The quantitative estimate of drug-likeness (QED) is 0.707. The van der Waals surface area contributed by atoms with Crippen molar-refractivity contribution in [3.8, 4) is 5.75 Å². The molecule has 7 heteroatoms. The smallest absolute Gasteiger partial charge is 0.226 e. The first-order chi connectivity index (χ1) is 12.4. The fourth-order valence-corrected chi connectivity index (χ4v) is 4.44. The largest absolute Gasteiger partial charge is 0.495 e. The predicted molar refractivity (Wildman–Crippen MR) is 101 cm³/mol. The Kier molecular flexibility index (Phi) is 5.73. The van der Waals surface area contributed by atoms with Gasteiger partial charge in [-0.3, -0.25) is 9.59 Å². The van der Waals surface area contributed by atoms with Gasteiger partial charge in [0.2, 0.25) is 11.8 Å². The molecular weight excluding hydrogens is 354 g/mol. The van der Waals surface area contributed by atoms with E-state index in [0.717, 1.165) is 24.8 Å². The third-order valence-corrected chi connectivity index (χ3v) is 6.10. The van der Waals surface area contributed by atoms with Crippen LogP contribution in [-0.2, 0) is 9.59 Å². The second-order valence-corrected chi connectivity index (χ2v) is 7.73. The molecule has 6 nitrogen and oxygen atoms in total. The Morgan fingerprint density at radius 1 is 1.31 bits per heavy atom. The molecule has 26 heavy (non-hydrogen) atoms. The molecule has 2 bridgehead atoms. The Morgan fingerprint density at radius 3 is 2.69 bits per heavy atom. The molecule has 2 aliphatic rings. The number of amides is 2. The van der Waals surface area contributed by atoms with Crippen LogP contribution in [-0.4, -0.2) is 31.5 Å². The number of halogens is 1. The van der Waals surface area contributed by atoms with E-state index in [1.807, 2.05) is 6.92 Å². The molecule has 142 valence electrons. The third-order valence-electron chi connectivity index (χ3n) is 5.69. The summed E-state index contributed by atoms with van der Waals surface area (Å²) < 4.78 is 5.25. The van der Waals surface area contributed by atoms with Gasteiger partial charge in [-0.15, -0.1) is 0 Å². The Hall–Kier alpha value is -1.79. The van der Waals surface area contributed by atoms with Crippen LogP contribution < -0.4 is 21.1 Å². The van der Waals surface area contributed by atoms with Crippen molar-refractivity contribution < 1.29 is 14.3 Å². The van der Waals surface area contributed by atoms with E-state index >= 15 is 0 Å². The van der Waals surface area contributed by atoms with Crippen LogP contribution in [0, 0.1) is 24.7 Å². The molecule has 2 saturated carbocycles. The van der Waals surface area contributed by atoms with Gasteiger partial charge in [0.05, 0.1) is 18.7 Å². The lowest BCUT2D eigenvalue weighted by atomic mass is 9.84. The molecule has 0 radical (unpaired) electrons. The van der Waals surface area contributed by atoms with Gasteiger partial charge in [0.1, 0.15) is 5.75 Å². The molecule has 0 aliphatic heterocycles. The van der Waals surface area contributed by atoms with E-state index in [0.29, 0.717) is 34.8 Å². The zero-order valence-corrected chi connectivity index (χ0v) is 15.9. The second kappa shape index (κ2) is 7.84. The number of carbonyl (C=O) groups is 2. The number of fused-ring (bicyclic) bond motifs is 2. The first-order valence-electron chi connectivity index (χ1n) is 9.08. The number of hydrogen-bond acceptors (Lipinski definition) is 4. The van der Waals surface area contributed by atoms with Crippen molar-refractivity contribution in [2.24, 2.45) is 23.5 Å². The molecule has 4 atom stereocenters. The van der Waals surface area contributed by atoms with Crippen LogP contribution in [0.4, 0.5) is 5.69 Å². The maximum atomic E-state index is 12.4. The van der Waals surface area contributed by atoms with Gasteiger partial charge in [0.15, 0.2) is 0 Å². The fourth-order valence-electron chi connectivity index (χ4n) is 4.28. The molecule has 0 spiro atoms. The topological polar surface area (TPSA) is 93.5 Å². The minimum atomic E-state index is -0.192. The van der Waals surface area contributed by atoms with Gasteiger partial charge in [-0.05, 0) is 49.7 Å². The third kappa shape index (κ3) is 3.81. The zero-order valence-electron chi connectivity index (χ0n) is 15.2. The van der Waals surface area contributed by atoms with Crippen LogP contribution in [0.3, 0.4) is 0 Å². The van der Waals surface area contributed by atoms with E-state index in [-0.39, 0.29) is 30.2 Å². The summed E-state index contributed by atoms with van der Waals surface area (Å²) in [6.07, 6.45) is 3.48. The monoisotopic (exact) mass is 379 g/mol. The number of ether oxygens (including phenoxy) is 1. The maximum Gasteiger partial charge on any atom is 0.226 e. The van der Waals surface area contributed by atoms with E-state index in [2.05, 4.69) is 10.6 Å². The van der Waals surface area contributed by atoms with Gasteiger partial charge in [-0.2, -0.15) is 0 Å². The maximum absolute atomic E-state index is 12.4. The number of carbonyl (C=O) groups excluding carboxylic acids is 2. The fraction of sp³-hybridized carbons (Fsp3) is 0.579. The lowest BCUT2D eigenvalue weighted by Crippen LogP contribution is -2.45. The highest BCUT2D eigenvalue weighted by atomic mass is 35.5. The number of hydrogen-bond donors (Lipinski definition) is 3. The van der Waals surface area contributed by atoms with Crippen molar-refractivity contribution in [2.45, 2.75) is 38.6 Å². The van der Waals surface area contributed by atoms with Gasteiger partial charge in [-0.1, -0.05) is 11.6 Å². The van der Waals surface area contributed by atoms with E-state index in [1.165, 1.54) is 7.11 Å². The number of nitrogens with two attached hydrogens (primary N) is 1. The van der Waals surface area contributed by atoms with Crippen molar-refractivity contribution in [3.63, 3.8) is 0 Å². The first-order valence-corrected chi connectivity index (χ1v) is 9.45. The number of nitrogens with one attached hydrogen (secondary N) is 2. The van der Waals surface area contributed by atoms with Gasteiger partial charge in [0, 0.05) is 30.1 Å². The Bertz CT molecular complexity index is 708. The number of rotatable bonds is 6. The summed E-state index contributed by atoms with van der Waals surface area (Å²) in [4.78, 5) is 24.6. The van der Waals surface area contributed by atoms with Crippen LogP contribution in [0.1, 0.15) is 31.2 Å². The predicted octanol–water partition coefficient (Wildman–Crippen LogP) is 2.48. The van der Waals surface area contributed by atoms with Crippen molar-refractivity contribution in [3.05, 3.63) is 22.7 Å². The normalized spacial score (nSPS) is 26.6. The Labute approximate surface area is 158 Å². The number of aryl methyl sites for hydroxylation is 1. The lowest BCUT2D eigenvalue weighted by molar-refractivity contribution is -0.127. The van der Waals surface area contributed by atoms with Crippen LogP contribution in [0.5, 0.6) is 5.75 Å². The van der Waals surface area contributed by atoms with E-state index in [1.54, 1.807) is 12.1 Å². The molecule has 2 amide bonds. The zero-order chi connectivity index (χ0) is 18.8. The molecule has 0 saturated heterocycles. The van der Waals surface area contributed by atoms with Crippen LogP contribution in [0.15, 0.2) is 12.1 Å². The highest BCUT2D eigenvalue weighted by molar-refractivity contribution is 6.31. The Morgan fingerprint density at radius 2 is 2.04 bits per heavy atom. The SMILES string of the molecule is COc1cc(Cl)c(C)cc1NC(=O)CCNC(=O)C1C2CCC(C2)C1N. The van der Waals surface area contributed by atoms with Crippen molar-refractivity contribution in [1.82, 2.24) is 5.32 Å². The minimum absolute atomic E-state index is 0.0163. The van der Waals surface area contributed by atoms with Gasteiger partial charge in [0.25, 0.3) is 0 Å². The Balaban J connectivity index is 1.49. The molecule has 4 unspecified atom stereocenters. The highest BCUT2D eigenvalue weighted by Gasteiger charge is 2.48. The second-order valence-electron chi connectivity index (χ2n) is 7.33. The van der Waals surface area contributed by atoms with Gasteiger partial charge < -0.3 is 21.1 Å². The first kappa shape index (κ1) is 19.0. The van der Waals surface area contributed by atoms with Gasteiger partial charge in [-0.25, -0.2) is 0 Å². The molecule has 3 rings (SSSR count). The summed E-state index contributed by atoms with van der Waals surface area (Å²) in [6.45, 7) is 2.15. The summed E-state index contributed by atoms with van der Waals surface area (Å²) in [6, 6.07) is 3.40. The van der Waals surface area contributed by atoms with Crippen LogP contribution in [0.2, 0.25) is 5.02 Å². The summed E-state index contributed by atoms with van der Waals surface area (Å²) in [7, 11) is 1.52. The molecule has 0 aromatic heterocycles. The molecular formula is C19H26ClN3O3. The number of benzene rings is 1. The van der Waals surface area contributed by atoms with Crippen LogP contribution in [0.25, 0.3) is 0 Å². The minimum Gasteiger partial charge on any atom is -0.495 e. The summed E-state index contributed by atoms with van der Waals surface area (Å²) in [5.74, 6) is 1.09. The average molecular weight is 380 g/mol. The molecule has 0 heterocycles. The lowest BCUT2D eigenvalue weighted by Gasteiger charge is -2.26. The van der Waals surface area contributed by atoms with Crippen molar-refractivity contribution in [2.75, 3.05) is 19.0 Å². The van der Waals surface area contributed by atoms with E-state index in [4.69, 9.17) is 22.1 Å². The number of methoxy groups -OCH3 is 1. The van der Waals surface area contributed by atoms with Crippen molar-refractivity contribution >= 4 is 29.1 Å². The summed E-state index contributed by atoms with van der Waals surface area (Å²) in [5, 5.41) is 6.26. The molecule has 1 aromatic carbocycles. The average Bonchev–Trinajstić information content (AvgIpc) is 3.18.